The molecule has 0 bridgehead atoms. The highest BCUT2D eigenvalue weighted by Crippen LogP contribution is 2.32. The Morgan fingerprint density at radius 1 is 1.25 bits per heavy atom. The van der Waals surface area contributed by atoms with Gasteiger partial charge in [-0.25, -0.2) is 0 Å². The zero-order chi connectivity index (χ0) is 11.5. The Kier molecular flexibility index (Phi) is 4.24. The fourth-order valence-electron chi connectivity index (χ4n) is 1.62. The summed E-state index contributed by atoms with van der Waals surface area (Å²) in [7, 11) is 1.96. The van der Waals surface area contributed by atoms with Crippen LogP contribution < -0.4 is 5.32 Å². The van der Waals surface area contributed by atoms with Gasteiger partial charge in [-0.2, -0.15) is 0 Å². The van der Waals surface area contributed by atoms with Crippen LogP contribution in [0.1, 0.15) is 16.5 Å². The van der Waals surface area contributed by atoms with E-state index in [0.29, 0.717) is 0 Å². The van der Waals surface area contributed by atoms with Crippen molar-refractivity contribution in [2.24, 2.45) is 0 Å². The Hall–Kier alpha value is -0.100. The molecule has 1 atom stereocenters. The second-order valence-corrected chi connectivity index (χ2v) is 6.01. The van der Waals surface area contributed by atoms with E-state index >= 15 is 0 Å². The van der Waals surface area contributed by atoms with Crippen LogP contribution in [0.5, 0.6) is 0 Å². The van der Waals surface area contributed by atoms with Crippen LogP contribution in [0.3, 0.4) is 0 Å². The molecule has 1 unspecified atom stereocenters. The number of thiophene rings is 1. The summed E-state index contributed by atoms with van der Waals surface area (Å²) in [5, 5.41) is 6.16. The van der Waals surface area contributed by atoms with Crippen LogP contribution in [0.4, 0.5) is 0 Å². The maximum absolute atomic E-state index is 6.16. The van der Waals surface area contributed by atoms with Crippen LogP contribution in [-0.2, 0) is 0 Å². The first kappa shape index (κ1) is 12.4. The van der Waals surface area contributed by atoms with E-state index in [1.54, 1.807) is 11.3 Å². The summed E-state index contributed by atoms with van der Waals surface area (Å²) in [4.78, 5) is 1.17. The van der Waals surface area contributed by atoms with E-state index < -0.39 is 0 Å². The number of halogens is 2. The highest BCUT2D eigenvalue weighted by atomic mass is 127. The molecule has 0 amide bonds. The lowest BCUT2D eigenvalue weighted by Crippen LogP contribution is -2.16. The summed E-state index contributed by atoms with van der Waals surface area (Å²) in [6.07, 6.45) is 0. The lowest BCUT2D eigenvalue weighted by atomic mass is 10.1. The van der Waals surface area contributed by atoms with Crippen molar-refractivity contribution in [3.63, 3.8) is 0 Å². The SMILES string of the molecule is CNC(c1ccc(I)cc1)c1sccc1Cl. The van der Waals surface area contributed by atoms with Gasteiger partial charge < -0.3 is 5.32 Å². The molecule has 0 saturated carbocycles. The third kappa shape index (κ3) is 2.59. The predicted octanol–water partition coefficient (Wildman–Crippen LogP) is 4.31. The maximum Gasteiger partial charge on any atom is 0.0683 e. The minimum Gasteiger partial charge on any atom is -0.309 e. The van der Waals surface area contributed by atoms with Crippen molar-refractivity contribution in [1.82, 2.24) is 5.32 Å². The summed E-state index contributed by atoms with van der Waals surface area (Å²) in [5.41, 5.74) is 1.24. The largest absolute Gasteiger partial charge is 0.309 e. The molecule has 0 spiro atoms. The Morgan fingerprint density at radius 3 is 2.44 bits per heavy atom. The highest BCUT2D eigenvalue weighted by Gasteiger charge is 2.16. The average molecular weight is 364 g/mol. The van der Waals surface area contributed by atoms with Crippen LogP contribution in [0.15, 0.2) is 35.7 Å². The van der Waals surface area contributed by atoms with Crippen molar-refractivity contribution < 1.29 is 0 Å². The van der Waals surface area contributed by atoms with Crippen molar-refractivity contribution in [3.8, 4) is 0 Å². The van der Waals surface area contributed by atoms with Gasteiger partial charge >= 0.3 is 0 Å². The highest BCUT2D eigenvalue weighted by molar-refractivity contribution is 14.1. The standard InChI is InChI=1S/C12H11ClINS/c1-15-11(12-10(13)6-7-16-12)8-2-4-9(14)5-3-8/h2-7,11,15H,1H3. The number of nitrogens with one attached hydrogen (secondary N) is 1. The van der Waals surface area contributed by atoms with Crippen LogP contribution in [-0.4, -0.2) is 7.05 Å². The first-order chi connectivity index (χ1) is 7.72. The predicted molar refractivity (Wildman–Crippen MR) is 79.4 cm³/mol. The van der Waals surface area contributed by atoms with Crippen molar-refractivity contribution in [1.29, 1.82) is 0 Å². The molecule has 1 N–H and O–H groups in total. The zero-order valence-electron chi connectivity index (χ0n) is 8.71. The lowest BCUT2D eigenvalue weighted by Gasteiger charge is -2.15. The molecule has 4 heteroatoms. The Labute approximate surface area is 118 Å². The summed E-state index contributed by atoms with van der Waals surface area (Å²) in [5.74, 6) is 0. The normalized spacial score (nSPS) is 12.7. The first-order valence-electron chi connectivity index (χ1n) is 4.88. The van der Waals surface area contributed by atoms with Crippen molar-refractivity contribution >= 4 is 45.5 Å². The third-order valence-electron chi connectivity index (χ3n) is 2.40. The number of hydrogen-bond donors (Lipinski definition) is 1. The van der Waals surface area contributed by atoms with Crippen LogP contribution >= 0.6 is 45.5 Å². The summed E-state index contributed by atoms with van der Waals surface area (Å²) >= 11 is 10.2. The zero-order valence-corrected chi connectivity index (χ0v) is 12.4. The molecule has 1 nitrogen and oxygen atoms in total. The van der Waals surface area contributed by atoms with Crippen molar-refractivity contribution in [2.75, 3.05) is 7.05 Å². The van der Waals surface area contributed by atoms with Crippen molar-refractivity contribution in [3.05, 3.63) is 54.7 Å². The van der Waals surface area contributed by atoms with E-state index in [1.165, 1.54) is 14.0 Å². The van der Waals surface area contributed by atoms with Gasteiger partial charge in [0.25, 0.3) is 0 Å². The summed E-state index contributed by atoms with van der Waals surface area (Å²) in [6.45, 7) is 0. The molecule has 2 rings (SSSR count). The molecule has 0 aliphatic heterocycles. The van der Waals surface area contributed by atoms with E-state index in [9.17, 15) is 0 Å². The molecule has 0 saturated heterocycles. The van der Waals surface area contributed by atoms with Gasteiger partial charge in [0.2, 0.25) is 0 Å². The molecule has 1 heterocycles. The Morgan fingerprint density at radius 2 is 1.94 bits per heavy atom. The maximum atomic E-state index is 6.16. The molecule has 1 aromatic carbocycles. The van der Waals surface area contributed by atoms with E-state index in [-0.39, 0.29) is 6.04 Å². The fourth-order valence-corrected chi connectivity index (χ4v) is 3.28. The van der Waals surface area contributed by atoms with Gasteiger partial charge in [0, 0.05) is 8.45 Å². The van der Waals surface area contributed by atoms with E-state index in [2.05, 4.69) is 52.2 Å². The number of rotatable bonds is 3. The number of benzene rings is 1. The molecule has 0 aliphatic rings. The number of hydrogen-bond acceptors (Lipinski definition) is 2. The van der Waals surface area contributed by atoms with E-state index in [1.807, 2.05) is 18.5 Å². The monoisotopic (exact) mass is 363 g/mol. The van der Waals surface area contributed by atoms with Gasteiger partial charge in [-0.05, 0) is 58.8 Å². The molecular formula is C12H11ClINS. The lowest BCUT2D eigenvalue weighted by molar-refractivity contribution is 0.704. The second-order valence-electron chi connectivity index (χ2n) is 3.41. The summed E-state index contributed by atoms with van der Waals surface area (Å²) in [6, 6.07) is 10.6. The molecule has 84 valence electrons. The van der Waals surface area contributed by atoms with Gasteiger partial charge in [0.05, 0.1) is 11.1 Å². The molecule has 2 aromatic rings. The van der Waals surface area contributed by atoms with E-state index in [0.717, 1.165) is 5.02 Å². The molecule has 16 heavy (non-hydrogen) atoms. The molecule has 1 aromatic heterocycles. The van der Waals surface area contributed by atoms with Gasteiger partial charge in [0.1, 0.15) is 0 Å². The van der Waals surface area contributed by atoms with Gasteiger partial charge in [-0.15, -0.1) is 11.3 Å². The smallest absolute Gasteiger partial charge is 0.0683 e. The van der Waals surface area contributed by atoms with Gasteiger partial charge in [-0.3, -0.25) is 0 Å². The van der Waals surface area contributed by atoms with Crippen LogP contribution in [0.25, 0.3) is 0 Å². The second kappa shape index (κ2) is 5.49. The van der Waals surface area contributed by atoms with Crippen LogP contribution in [0.2, 0.25) is 5.02 Å². The molecule has 0 aliphatic carbocycles. The Bertz CT molecular complexity index is 466. The topological polar surface area (TPSA) is 12.0 Å². The van der Waals surface area contributed by atoms with Gasteiger partial charge in [0.15, 0.2) is 0 Å². The molecular weight excluding hydrogens is 353 g/mol. The van der Waals surface area contributed by atoms with E-state index in [4.69, 9.17) is 11.6 Å². The quantitative estimate of drug-likeness (QED) is 0.801. The summed E-state index contributed by atoms with van der Waals surface area (Å²) < 4.78 is 1.24. The van der Waals surface area contributed by atoms with Gasteiger partial charge in [-0.1, -0.05) is 23.7 Å². The molecule has 0 fully saturated rings. The fraction of sp³-hybridized carbons (Fsp3) is 0.167. The third-order valence-corrected chi connectivity index (χ3v) is 4.54. The van der Waals surface area contributed by atoms with Crippen molar-refractivity contribution in [2.45, 2.75) is 6.04 Å². The Balaban J connectivity index is 2.37. The minimum absolute atomic E-state index is 0.185. The average Bonchev–Trinajstić information content (AvgIpc) is 2.69. The van der Waals surface area contributed by atoms with Crippen LogP contribution in [0, 0.1) is 3.57 Å². The minimum atomic E-state index is 0.185. The first-order valence-corrected chi connectivity index (χ1v) is 7.21. The molecule has 0 radical (unpaired) electrons.